The topological polar surface area (TPSA) is 133 Å². The summed E-state index contributed by atoms with van der Waals surface area (Å²) in [5.41, 5.74) is 11.9. The van der Waals surface area contributed by atoms with Crippen LogP contribution in [-0.4, -0.2) is 91.7 Å². The van der Waals surface area contributed by atoms with Gasteiger partial charge in [0.25, 0.3) is 0 Å². The monoisotopic (exact) mass is 927 g/mol. The summed E-state index contributed by atoms with van der Waals surface area (Å²) in [4.78, 5) is 51.4. The van der Waals surface area contributed by atoms with Crippen LogP contribution in [0.1, 0.15) is 147 Å². The lowest BCUT2D eigenvalue weighted by Crippen LogP contribution is -2.42. The molecule has 1 amide bonds. The number of Topliss-reactive ketones (excluding diaryl/α,β-unsaturated/α-hetero) is 2. The zero-order chi connectivity index (χ0) is 50.8. The fourth-order valence-electron chi connectivity index (χ4n) is 8.00. The van der Waals surface area contributed by atoms with E-state index in [1.54, 1.807) is 26.0 Å². The first kappa shape index (κ1) is 58.0. The van der Waals surface area contributed by atoms with E-state index in [-0.39, 0.29) is 76.2 Å². The van der Waals surface area contributed by atoms with E-state index in [2.05, 4.69) is 59.0 Å². The van der Waals surface area contributed by atoms with Crippen molar-refractivity contribution in [3.63, 3.8) is 0 Å². The van der Waals surface area contributed by atoms with Gasteiger partial charge in [-0.3, -0.25) is 19.2 Å². The highest BCUT2D eigenvalue weighted by Crippen LogP contribution is 2.38. The average molecular weight is 927 g/mol. The van der Waals surface area contributed by atoms with Gasteiger partial charge in [0.15, 0.2) is 11.6 Å². The number of nitrogens with one attached hydrogen (secondary N) is 1. The normalized spacial score (nSPS) is 13.4. The van der Waals surface area contributed by atoms with Crippen LogP contribution in [0.4, 0.5) is 8.78 Å². The van der Waals surface area contributed by atoms with Crippen molar-refractivity contribution < 1.29 is 33.1 Å². The standard InChI is InChI=1S/C28H39FN2O2.C15H23FN2O.C13H18O2/c1-8-26(32)23-14-19(2)21(16-25(23)29)15-22(31(6)7)18-30-27(33)17-24(28(3,4)5)20-12-10-9-11-13-20;1-5-15(19)13-6-10(2)11(8-14(13)16)7-12(9-17)18(3)4;1-13(2,3)11(9-12(14)15)10-7-5-4-6-8-10/h9-14,16,22,24H,8,15,17-18H2,1-7H3,(H,30,33);6,8,12H,5,7,9,17H2,1-4H3;4-8,11H,9H2,1-3H3,(H,14,15)/t22-,24-;12-;11-/m000/s1. The van der Waals surface area contributed by atoms with Crippen LogP contribution < -0.4 is 11.1 Å². The number of aliphatic carboxylic acids is 1. The third-order valence-electron chi connectivity index (χ3n) is 12.5. The molecule has 368 valence electrons. The smallest absolute Gasteiger partial charge is 0.303 e. The van der Waals surface area contributed by atoms with Gasteiger partial charge in [-0.1, -0.05) is 116 Å². The number of carbonyl (C=O) groups is 4. The molecule has 0 radical (unpaired) electrons. The molecule has 4 atom stereocenters. The van der Waals surface area contributed by atoms with Crippen LogP contribution in [0.3, 0.4) is 0 Å². The Hall–Kier alpha value is -5.10. The maximum Gasteiger partial charge on any atom is 0.303 e. The summed E-state index contributed by atoms with van der Waals surface area (Å²) in [6, 6.07) is 26.4. The van der Waals surface area contributed by atoms with Crippen LogP contribution in [0, 0.1) is 36.3 Å². The van der Waals surface area contributed by atoms with Crippen molar-refractivity contribution in [1.29, 1.82) is 0 Å². The van der Waals surface area contributed by atoms with Gasteiger partial charge in [-0.15, -0.1) is 0 Å². The van der Waals surface area contributed by atoms with Gasteiger partial charge >= 0.3 is 5.97 Å². The molecule has 0 saturated heterocycles. The number of halogens is 2. The van der Waals surface area contributed by atoms with E-state index < -0.39 is 17.6 Å². The Balaban J connectivity index is 0.000000382. The van der Waals surface area contributed by atoms with E-state index >= 15 is 0 Å². The van der Waals surface area contributed by atoms with Gasteiger partial charge in [0.1, 0.15) is 11.6 Å². The number of nitrogens with zero attached hydrogens (tertiary/aromatic N) is 2. The van der Waals surface area contributed by atoms with Gasteiger partial charge in [-0.25, -0.2) is 8.78 Å². The number of carboxylic acid groups (broad SMARTS) is 1. The SMILES string of the molecule is CC(C)(C)[C@@H](CC(=O)O)c1ccccc1.CCC(=O)c1cc(C)c(C[C@@H](CN)N(C)C)cc1F.CCC(=O)c1cc(C)c(C[C@@H](CNC(=O)C[C@@H](c2ccccc2)C(C)(C)C)N(C)C)cc1F. The first-order chi connectivity index (χ1) is 31.2. The molecule has 0 aliphatic rings. The molecule has 9 nitrogen and oxygen atoms in total. The number of hydrogen-bond acceptors (Lipinski definition) is 7. The maximum absolute atomic E-state index is 14.5. The number of benzene rings is 4. The van der Waals surface area contributed by atoms with Crippen molar-refractivity contribution in [2.45, 2.75) is 132 Å². The van der Waals surface area contributed by atoms with Crippen LogP contribution in [-0.2, 0) is 22.4 Å². The van der Waals surface area contributed by atoms with Crippen LogP contribution >= 0.6 is 0 Å². The van der Waals surface area contributed by atoms with Crippen LogP contribution in [0.25, 0.3) is 0 Å². The quantitative estimate of drug-likeness (QED) is 0.0792. The molecule has 0 aliphatic heterocycles. The van der Waals surface area contributed by atoms with Crippen molar-refractivity contribution in [3.05, 3.63) is 141 Å². The fraction of sp³-hybridized carbons (Fsp3) is 0.500. The number of likely N-dealkylation sites (N-methyl/N-ethyl adjacent to an activating group) is 2. The lowest BCUT2D eigenvalue weighted by Gasteiger charge is -2.31. The van der Waals surface area contributed by atoms with Gasteiger partial charge in [0, 0.05) is 44.4 Å². The Kier molecular flexibility index (Phi) is 23.4. The van der Waals surface area contributed by atoms with E-state index in [1.165, 1.54) is 12.1 Å². The minimum Gasteiger partial charge on any atom is -0.481 e. The number of hydrogen-bond donors (Lipinski definition) is 3. The van der Waals surface area contributed by atoms with Gasteiger partial charge in [0.2, 0.25) is 5.91 Å². The minimum absolute atomic E-state index is 0.00425. The van der Waals surface area contributed by atoms with Crippen molar-refractivity contribution in [1.82, 2.24) is 15.1 Å². The molecule has 0 saturated carbocycles. The zero-order valence-electron chi connectivity index (χ0n) is 42.9. The molecule has 4 aromatic carbocycles. The van der Waals surface area contributed by atoms with E-state index in [0.29, 0.717) is 38.8 Å². The summed E-state index contributed by atoms with van der Waals surface area (Å²) >= 11 is 0. The van der Waals surface area contributed by atoms with Crippen LogP contribution in [0.15, 0.2) is 84.9 Å². The number of aryl methyl sites for hydroxylation is 2. The van der Waals surface area contributed by atoms with Gasteiger partial charge in [-0.05, 0) is 135 Å². The Morgan fingerprint density at radius 1 is 0.627 bits per heavy atom. The van der Waals surface area contributed by atoms with E-state index in [0.717, 1.165) is 33.4 Å². The Labute approximate surface area is 400 Å². The average Bonchev–Trinajstić information content (AvgIpc) is 3.26. The first-order valence-corrected chi connectivity index (χ1v) is 23.5. The van der Waals surface area contributed by atoms with Crippen LogP contribution in [0.5, 0.6) is 0 Å². The first-order valence-electron chi connectivity index (χ1n) is 23.5. The molecular formula is C56H80F2N4O5. The second-order valence-electron chi connectivity index (χ2n) is 20.2. The number of ketones is 2. The molecule has 0 heterocycles. The molecule has 4 rings (SSSR count). The summed E-state index contributed by atoms with van der Waals surface area (Å²) in [5, 5.41) is 12.0. The summed E-state index contributed by atoms with van der Waals surface area (Å²) in [6.45, 7) is 21.0. The second kappa shape index (κ2) is 27.0. The lowest BCUT2D eigenvalue weighted by molar-refractivity contribution is -0.138. The highest BCUT2D eigenvalue weighted by Gasteiger charge is 2.30. The van der Waals surface area contributed by atoms with Gasteiger partial charge in [-0.2, -0.15) is 0 Å². The predicted octanol–water partition coefficient (Wildman–Crippen LogP) is 11.0. The predicted molar refractivity (Wildman–Crippen MR) is 270 cm³/mol. The summed E-state index contributed by atoms with van der Waals surface area (Å²) < 4.78 is 28.5. The number of carbonyl (C=O) groups excluding carboxylic acids is 3. The summed E-state index contributed by atoms with van der Waals surface area (Å²) in [6.07, 6.45) is 2.47. The molecular weight excluding hydrogens is 847 g/mol. The highest BCUT2D eigenvalue weighted by molar-refractivity contribution is 5.97. The molecule has 4 N–H and O–H groups in total. The molecule has 0 fully saturated rings. The van der Waals surface area contributed by atoms with E-state index in [9.17, 15) is 28.0 Å². The molecule has 0 aliphatic carbocycles. The zero-order valence-corrected chi connectivity index (χ0v) is 42.9. The Morgan fingerprint density at radius 2 is 1.00 bits per heavy atom. The van der Waals surface area contributed by atoms with Gasteiger partial charge < -0.3 is 26.0 Å². The second-order valence-corrected chi connectivity index (χ2v) is 20.2. The van der Waals surface area contributed by atoms with Crippen molar-refractivity contribution in [2.75, 3.05) is 41.3 Å². The van der Waals surface area contributed by atoms with Gasteiger partial charge in [0.05, 0.1) is 17.5 Å². The highest BCUT2D eigenvalue weighted by atomic mass is 19.1. The summed E-state index contributed by atoms with van der Waals surface area (Å²) in [5.74, 6) is -1.80. The number of carboxylic acids is 1. The molecule has 0 spiro atoms. The molecule has 11 heteroatoms. The molecule has 0 bridgehead atoms. The van der Waals surface area contributed by atoms with Crippen LogP contribution in [0.2, 0.25) is 0 Å². The van der Waals surface area contributed by atoms with Crippen molar-refractivity contribution >= 4 is 23.4 Å². The maximum atomic E-state index is 14.5. The van der Waals surface area contributed by atoms with Crippen molar-refractivity contribution in [2.24, 2.45) is 16.6 Å². The largest absolute Gasteiger partial charge is 0.481 e. The third kappa shape index (κ3) is 18.8. The Morgan fingerprint density at radius 3 is 1.33 bits per heavy atom. The number of amides is 1. The molecule has 0 aromatic heterocycles. The minimum atomic E-state index is -0.737. The molecule has 0 unspecified atom stereocenters. The van der Waals surface area contributed by atoms with Crippen molar-refractivity contribution in [3.8, 4) is 0 Å². The van der Waals surface area contributed by atoms with E-state index in [1.807, 2.05) is 100 Å². The number of nitrogens with two attached hydrogens (primary N) is 1. The fourth-order valence-corrected chi connectivity index (χ4v) is 8.00. The summed E-state index contributed by atoms with van der Waals surface area (Å²) in [7, 11) is 7.83. The third-order valence-corrected chi connectivity index (χ3v) is 12.5. The Bertz CT molecular complexity index is 2200. The molecule has 67 heavy (non-hydrogen) atoms. The molecule has 4 aromatic rings. The lowest BCUT2D eigenvalue weighted by atomic mass is 9.74. The van der Waals surface area contributed by atoms with E-state index in [4.69, 9.17) is 10.8 Å². The number of rotatable bonds is 19.